The predicted molar refractivity (Wildman–Crippen MR) is 103 cm³/mol. The van der Waals surface area contributed by atoms with Crippen molar-refractivity contribution in [1.82, 2.24) is 15.1 Å². The van der Waals surface area contributed by atoms with Gasteiger partial charge in [-0.1, -0.05) is 0 Å². The lowest BCUT2D eigenvalue weighted by Crippen LogP contribution is -2.42. The molecule has 2 fully saturated rings. The lowest BCUT2D eigenvalue weighted by Gasteiger charge is -2.29. The van der Waals surface area contributed by atoms with Gasteiger partial charge in [0.2, 0.25) is 0 Å². The minimum Gasteiger partial charge on any atom is -0.379 e. The molecule has 2 rings (SSSR count). The van der Waals surface area contributed by atoms with Crippen molar-refractivity contribution < 1.29 is 17.9 Å². The Morgan fingerprint density at radius 1 is 1.27 bits per heavy atom. The summed E-state index contributed by atoms with van der Waals surface area (Å²) in [6.45, 7) is 11.1. The molecule has 0 amide bonds. The first-order chi connectivity index (χ1) is 12.5. The van der Waals surface area contributed by atoms with Gasteiger partial charge in [-0.3, -0.25) is 9.89 Å². The number of ether oxygens (including phenoxy) is 2. The summed E-state index contributed by atoms with van der Waals surface area (Å²) in [6.07, 6.45) is 2.41. The Balaban J connectivity index is 1.72. The van der Waals surface area contributed by atoms with Crippen LogP contribution in [-0.2, 0) is 19.3 Å². The minimum atomic E-state index is -2.96. The molecule has 2 aliphatic rings. The summed E-state index contributed by atoms with van der Waals surface area (Å²) in [5, 5.41) is 3.35. The van der Waals surface area contributed by atoms with Gasteiger partial charge in [-0.2, -0.15) is 0 Å². The summed E-state index contributed by atoms with van der Waals surface area (Å²) in [7, 11) is -2.96. The fourth-order valence-corrected chi connectivity index (χ4v) is 3.70. The number of guanidine groups is 1. The van der Waals surface area contributed by atoms with Gasteiger partial charge in [-0.05, 0) is 19.3 Å². The van der Waals surface area contributed by atoms with Gasteiger partial charge in [-0.15, -0.1) is 0 Å². The normalized spacial score (nSPS) is 22.8. The second-order valence-electron chi connectivity index (χ2n) is 6.99. The van der Waals surface area contributed by atoms with Gasteiger partial charge in [0.15, 0.2) is 5.96 Å². The van der Waals surface area contributed by atoms with Crippen LogP contribution in [0.1, 0.15) is 13.3 Å². The van der Waals surface area contributed by atoms with Gasteiger partial charge < -0.3 is 19.7 Å². The lowest BCUT2D eigenvalue weighted by atomic mass is 10.1. The Morgan fingerprint density at radius 2 is 2.04 bits per heavy atom. The molecule has 0 spiro atoms. The van der Waals surface area contributed by atoms with E-state index in [2.05, 4.69) is 27.0 Å². The van der Waals surface area contributed by atoms with E-state index in [0.717, 1.165) is 58.4 Å². The molecule has 2 aliphatic heterocycles. The van der Waals surface area contributed by atoms with Crippen molar-refractivity contribution in [2.24, 2.45) is 10.9 Å². The van der Waals surface area contributed by atoms with E-state index >= 15 is 0 Å². The lowest BCUT2D eigenvalue weighted by molar-refractivity contribution is 0.0315. The number of morpholine rings is 1. The standard InChI is InChI=1S/C17H34N4O4S/c1-3-18-17(19-5-9-24-12-13-26(2,22)23)21-6-4-16(15-21)14-20-7-10-25-11-8-20/h16H,3-15H2,1-2H3,(H,18,19). The van der Waals surface area contributed by atoms with Crippen LogP contribution in [-0.4, -0.2) is 108 Å². The number of sulfone groups is 1. The van der Waals surface area contributed by atoms with Crippen molar-refractivity contribution in [3.05, 3.63) is 0 Å². The summed E-state index contributed by atoms with van der Waals surface area (Å²) in [6, 6.07) is 0. The van der Waals surface area contributed by atoms with Crippen LogP contribution in [0, 0.1) is 5.92 Å². The quantitative estimate of drug-likeness (QED) is 0.328. The highest BCUT2D eigenvalue weighted by molar-refractivity contribution is 7.90. The van der Waals surface area contributed by atoms with Gasteiger partial charge >= 0.3 is 0 Å². The molecule has 1 N–H and O–H groups in total. The molecule has 0 saturated carbocycles. The summed E-state index contributed by atoms with van der Waals surface area (Å²) in [4.78, 5) is 9.46. The highest BCUT2D eigenvalue weighted by Gasteiger charge is 2.27. The predicted octanol–water partition coefficient (Wildman–Crippen LogP) is -0.333. The molecule has 0 aromatic rings. The van der Waals surface area contributed by atoms with E-state index < -0.39 is 9.84 Å². The molecule has 152 valence electrons. The third-order valence-electron chi connectivity index (χ3n) is 4.64. The molecular formula is C17H34N4O4S. The van der Waals surface area contributed by atoms with Crippen molar-refractivity contribution in [1.29, 1.82) is 0 Å². The monoisotopic (exact) mass is 390 g/mol. The van der Waals surface area contributed by atoms with E-state index in [9.17, 15) is 8.42 Å². The van der Waals surface area contributed by atoms with Crippen LogP contribution >= 0.6 is 0 Å². The van der Waals surface area contributed by atoms with Crippen LogP contribution in [0.2, 0.25) is 0 Å². The highest BCUT2D eigenvalue weighted by Crippen LogP contribution is 2.18. The van der Waals surface area contributed by atoms with Crippen molar-refractivity contribution in [2.45, 2.75) is 13.3 Å². The Hall–Kier alpha value is -0.900. The molecule has 0 radical (unpaired) electrons. The fraction of sp³-hybridized carbons (Fsp3) is 0.941. The number of aliphatic imine (C=N–C) groups is 1. The van der Waals surface area contributed by atoms with Crippen LogP contribution < -0.4 is 5.32 Å². The Bertz CT molecular complexity index is 535. The second-order valence-corrected chi connectivity index (χ2v) is 9.25. The third-order valence-corrected chi connectivity index (χ3v) is 5.54. The van der Waals surface area contributed by atoms with Gasteiger partial charge in [-0.25, -0.2) is 8.42 Å². The summed E-state index contributed by atoms with van der Waals surface area (Å²) < 4.78 is 32.9. The van der Waals surface area contributed by atoms with Crippen molar-refractivity contribution >= 4 is 15.8 Å². The topological polar surface area (TPSA) is 83.5 Å². The van der Waals surface area contributed by atoms with Crippen LogP contribution in [0.4, 0.5) is 0 Å². The first kappa shape index (κ1) is 21.4. The number of nitrogens with one attached hydrogen (secondary N) is 1. The fourth-order valence-electron chi connectivity index (χ4n) is 3.28. The Kier molecular flexibility index (Phi) is 9.10. The maximum atomic E-state index is 11.1. The van der Waals surface area contributed by atoms with Gasteiger partial charge in [0.05, 0.1) is 38.7 Å². The average Bonchev–Trinajstić information content (AvgIpc) is 3.05. The minimum absolute atomic E-state index is 0.0616. The van der Waals surface area contributed by atoms with Crippen LogP contribution in [0.25, 0.3) is 0 Å². The number of nitrogens with zero attached hydrogens (tertiary/aromatic N) is 3. The van der Waals surface area contributed by atoms with Crippen molar-refractivity contribution in [3.63, 3.8) is 0 Å². The Labute approximate surface area is 157 Å². The number of hydrogen-bond acceptors (Lipinski definition) is 6. The molecule has 0 bridgehead atoms. The zero-order valence-corrected chi connectivity index (χ0v) is 17.0. The first-order valence-corrected chi connectivity index (χ1v) is 11.6. The Morgan fingerprint density at radius 3 is 2.73 bits per heavy atom. The van der Waals surface area contributed by atoms with Gasteiger partial charge in [0, 0.05) is 45.5 Å². The number of rotatable bonds is 9. The highest BCUT2D eigenvalue weighted by atomic mass is 32.2. The van der Waals surface area contributed by atoms with Crippen molar-refractivity contribution in [3.8, 4) is 0 Å². The third kappa shape index (κ3) is 8.20. The SMILES string of the molecule is CCNC(=NCCOCCS(C)(=O)=O)N1CCC(CN2CCOCC2)C1. The van der Waals surface area contributed by atoms with Gasteiger partial charge in [0.1, 0.15) is 9.84 Å². The molecule has 0 aromatic heterocycles. The zero-order chi connectivity index (χ0) is 18.8. The summed E-state index contributed by atoms with van der Waals surface area (Å²) >= 11 is 0. The molecule has 0 aliphatic carbocycles. The van der Waals surface area contributed by atoms with Gasteiger partial charge in [0.25, 0.3) is 0 Å². The van der Waals surface area contributed by atoms with Crippen LogP contribution in [0.5, 0.6) is 0 Å². The molecule has 1 unspecified atom stereocenters. The maximum Gasteiger partial charge on any atom is 0.194 e. The maximum absolute atomic E-state index is 11.1. The molecular weight excluding hydrogens is 356 g/mol. The summed E-state index contributed by atoms with van der Waals surface area (Å²) in [5.41, 5.74) is 0. The number of likely N-dealkylation sites (tertiary alicyclic amines) is 1. The molecule has 1 atom stereocenters. The van der Waals surface area contributed by atoms with E-state index in [1.54, 1.807) is 0 Å². The smallest absolute Gasteiger partial charge is 0.194 e. The summed E-state index contributed by atoms with van der Waals surface area (Å²) in [5.74, 6) is 1.67. The average molecular weight is 391 g/mol. The van der Waals surface area contributed by atoms with E-state index in [1.165, 1.54) is 12.7 Å². The first-order valence-electron chi connectivity index (χ1n) is 9.56. The molecule has 2 heterocycles. The molecule has 0 aromatic carbocycles. The largest absolute Gasteiger partial charge is 0.379 e. The zero-order valence-electron chi connectivity index (χ0n) is 16.2. The van der Waals surface area contributed by atoms with E-state index in [4.69, 9.17) is 9.47 Å². The molecule has 26 heavy (non-hydrogen) atoms. The molecule has 8 nitrogen and oxygen atoms in total. The van der Waals surface area contributed by atoms with Crippen LogP contribution in [0.15, 0.2) is 4.99 Å². The van der Waals surface area contributed by atoms with Crippen molar-refractivity contribution in [2.75, 3.05) is 84.2 Å². The van der Waals surface area contributed by atoms with E-state index in [1.807, 2.05) is 0 Å². The number of hydrogen-bond donors (Lipinski definition) is 1. The molecule has 2 saturated heterocycles. The van der Waals surface area contributed by atoms with E-state index in [0.29, 0.717) is 19.1 Å². The molecule has 9 heteroatoms. The second kappa shape index (κ2) is 11.1. The van der Waals surface area contributed by atoms with Crippen LogP contribution in [0.3, 0.4) is 0 Å². The van der Waals surface area contributed by atoms with E-state index in [-0.39, 0.29) is 12.4 Å².